The van der Waals surface area contributed by atoms with Crippen LogP contribution in [-0.4, -0.2) is 27.8 Å². The normalized spacial score (nSPS) is 11.2. The number of hydrogen-bond donors (Lipinski definition) is 4. The van der Waals surface area contributed by atoms with Crippen molar-refractivity contribution in [2.24, 2.45) is 10.7 Å². The van der Waals surface area contributed by atoms with E-state index < -0.39 is 0 Å². The summed E-state index contributed by atoms with van der Waals surface area (Å²) >= 11 is 0. The molecule has 0 aliphatic rings. The van der Waals surface area contributed by atoms with Gasteiger partial charge in [-0.15, -0.1) is 13.2 Å². The topological polar surface area (TPSA) is 126 Å². The fourth-order valence-electron chi connectivity index (χ4n) is 2.59. The number of H-pyrrole nitrogens is 2. The number of rotatable bonds is 3. The Morgan fingerprint density at radius 1 is 1.36 bits per heavy atom. The van der Waals surface area contributed by atoms with E-state index in [0.29, 0.717) is 22.9 Å². The minimum Gasteiger partial charge on any atom is -0.398 e. The summed E-state index contributed by atoms with van der Waals surface area (Å²) < 4.78 is 0. The van der Waals surface area contributed by atoms with Crippen molar-refractivity contribution in [3.05, 3.63) is 59.0 Å². The van der Waals surface area contributed by atoms with Crippen molar-refractivity contribution in [2.45, 2.75) is 13.3 Å². The third-order valence-corrected chi connectivity index (χ3v) is 3.81. The average Bonchev–Trinajstić information content (AvgIpc) is 3.05. The Balaban J connectivity index is 0.00000109. The van der Waals surface area contributed by atoms with E-state index in [2.05, 4.69) is 33.1 Å². The molecule has 3 rings (SSSR count). The van der Waals surface area contributed by atoms with Gasteiger partial charge in [0.25, 0.3) is 5.56 Å². The van der Waals surface area contributed by atoms with E-state index in [1.807, 2.05) is 19.1 Å². The molecule has 2 heterocycles. The van der Waals surface area contributed by atoms with Crippen LogP contribution in [0.2, 0.25) is 0 Å². The number of benzene rings is 1. The van der Waals surface area contributed by atoms with Gasteiger partial charge in [0.05, 0.1) is 11.0 Å². The molecule has 2 aromatic heterocycles. The Labute approximate surface area is 145 Å². The summed E-state index contributed by atoms with van der Waals surface area (Å²) in [6.07, 6.45) is 2.30. The van der Waals surface area contributed by atoms with E-state index in [4.69, 9.17) is 11.5 Å². The van der Waals surface area contributed by atoms with Crippen molar-refractivity contribution in [3.8, 4) is 11.4 Å². The van der Waals surface area contributed by atoms with Crippen molar-refractivity contribution in [3.63, 3.8) is 0 Å². The lowest BCUT2D eigenvalue weighted by Gasteiger charge is -2.04. The molecule has 25 heavy (non-hydrogen) atoms. The monoisotopic (exact) mass is 338 g/mol. The Morgan fingerprint density at radius 3 is 2.68 bits per heavy atom. The summed E-state index contributed by atoms with van der Waals surface area (Å²) in [6, 6.07) is 5.48. The molecule has 1 aromatic carbocycles. The van der Waals surface area contributed by atoms with Crippen LogP contribution in [0.15, 0.2) is 47.3 Å². The second-order valence-corrected chi connectivity index (χ2v) is 5.22. The van der Waals surface area contributed by atoms with Crippen LogP contribution < -0.4 is 17.0 Å². The number of nitrogens with two attached hydrogens (primary N) is 2. The number of nitrogens with one attached hydrogen (secondary N) is 2. The minimum absolute atomic E-state index is 0.281. The first kappa shape index (κ1) is 18.0. The van der Waals surface area contributed by atoms with Crippen molar-refractivity contribution >= 4 is 22.6 Å². The molecule has 3 aromatic rings. The molecular weight excluding hydrogens is 316 g/mol. The van der Waals surface area contributed by atoms with Gasteiger partial charge in [-0.25, -0.2) is 4.98 Å². The number of anilines is 1. The van der Waals surface area contributed by atoms with E-state index in [0.717, 1.165) is 28.6 Å². The molecule has 130 valence electrons. The van der Waals surface area contributed by atoms with E-state index in [9.17, 15) is 4.79 Å². The smallest absolute Gasteiger partial charge is 0.261 e. The van der Waals surface area contributed by atoms with Gasteiger partial charge < -0.3 is 21.4 Å². The summed E-state index contributed by atoms with van der Waals surface area (Å²) in [5.74, 6) is 0.896. The van der Waals surface area contributed by atoms with Gasteiger partial charge in [0.2, 0.25) is 0 Å². The number of pyridine rings is 1. The van der Waals surface area contributed by atoms with Gasteiger partial charge in [0.15, 0.2) is 0 Å². The Morgan fingerprint density at radius 2 is 2.08 bits per heavy atom. The summed E-state index contributed by atoms with van der Waals surface area (Å²) in [7, 11) is 1.65. The Kier molecular flexibility index (Phi) is 5.38. The number of nitrogens with zero attached hydrogens (tertiary/aromatic N) is 2. The van der Waals surface area contributed by atoms with Crippen LogP contribution >= 0.6 is 0 Å². The van der Waals surface area contributed by atoms with Crippen molar-refractivity contribution in [1.29, 1.82) is 0 Å². The van der Waals surface area contributed by atoms with Gasteiger partial charge in [-0.3, -0.25) is 9.79 Å². The van der Waals surface area contributed by atoms with Crippen LogP contribution in [0.3, 0.4) is 0 Å². The highest BCUT2D eigenvalue weighted by Gasteiger charge is 2.15. The molecule has 0 aliphatic heterocycles. The Hall–Kier alpha value is -3.35. The molecule has 0 spiro atoms. The molecule has 0 amide bonds. The minimum atomic E-state index is -0.281. The molecule has 0 atom stereocenters. The molecule has 0 fully saturated rings. The number of aromatic amines is 2. The summed E-state index contributed by atoms with van der Waals surface area (Å²) in [4.78, 5) is 26.4. The number of aliphatic imine (C=N–C) groups is 1. The van der Waals surface area contributed by atoms with E-state index in [-0.39, 0.29) is 5.56 Å². The number of amidine groups is 1. The highest BCUT2D eigenvalue weighted by atomic mass is 16.1. The largest absolute Gasteiger partial charge is 0.398 e. The average molecular weight is 338 g/mol. The third-order valence-electron chi connectivity index (χ3n) is 3.81. The van der Waals surface area contributed by atoms with E-state index >= 15 is 0 Å². The maximum absolute atomic E-state index is 12.1. The van der Waals surface area contributed by atoms with Crippen LogP contribution in [0.25, 0.3) is 22.4 Å². The third kappa shape index (κ3) is 3.30. The van der Waals surface area contributed by atoms with Gasteiger partial charge in [-0.2, -0.15) is 0 Å². The van der Waals surface area contributed by atoms with Crippen LogP contribution in [0.5, 0.6) is 0 Å². The highest BCUT2D eigenvalue weighted by molar-refractivity contribution is 6.01. The first-order valence-electron chi connectivity index (χ1n) is 7.78. The zero-order chi connectivity index (χ0) is 18.6. The number of imidazole rings is 1. The van der Waals surface area contributed by atoms with Crippen LogP contribution in [0, 0.1) is 0 Å². The Bertz CT molecular complexity index is 983. The van der Waals surface area contributed by atoms with E-state index in [1.54, 1.807) is 13.1 Å². The molecule has 7 heteroatoms. The summed E-state index contributed by atoms with van der Waals surface area (Å²) in [5, 5.41) is 0. The van der Waals surface area contributed by atoms with E-state index in [1.165, 1.54) is 6.20 Å². The number of fused-ring (bicyclic) bond motifs is 1. The van der Waals surface area contributed by atoms with Crippen LogP contribution in [0.4, 0.5) is 5.69 Å². The fourth-order valence-corrected chi connectivity index (χ4v) is 2.59. The maximum atomic E-state index is 12.1. The first-order chi connectivity index (χ1) is 12.0. The number of aromatic nitrogens is 3. The molecular formula is C18H22N6O. The molecule has 6 N–H and O–H groups in total. The standard InChI is InChI=1S/C16H18N6O.C2H4/c1-3-8-6-9(14(18)19-2)7-11-13(8)22-15(21-11)12-10(17)4-5-20-16(12)23;1-2/h4-7H,3H2,1-2H3,(H2,18,19)(H,21,22)(H3,17,20,23);1-2H2. The number of nitrogen functional groups attached to an aromatic ring is 1. The van der Waals surface area contributed by atoms with Gasteiger partial charge >= 0.3 is 0 Å². The molecule has 0 unspecified atom stereocenters. The number of aryl methyl sites for hydroxylation is 1. The van der Waals surface area contributed by atoms with Crippen LogP contribution in [-0.2, 0) is 6.42 Å². The van der Waals surface area contributed by atoms with Gasteiger partial charge in [-0.1, -0.05) is 6.92 Å². The molecule has 7 nitrogen and oxygen atoms in total. The lowest BCUT2D eigenvalue weighted by molar-refractivity contribution is 1.15. The van der Waals surface area contributed by atoms with Crippen molar-refractivity contribution in [1.82, 2.24) is 15.0 Å². The van der Waals surface area contributed by atoms with Crippen LogP contribution in [0.1, 0.15) is 18.1 Å². The predicted octanol–water partition coefficient (Wildman–Crippen LogP) is 2.20. The maximum Gasteiger partial charge on any atom is 0.261 e. The molecule has 0 bridgehead atoms. The molecule has 0 aliphatic carbocycles. The number of hydrogen-bond acceptors (Lipinski definition) is 4. The quantitative estimate of drug-likeness (QED) is 0.332. The first-order valence-corrected chi connectivity index (χ1v) is 7.78. The van der Waals surface area contributed by atoms with Gasteiger partial charge in [-0.05, 0) is 30.2 Å². The molecule has 0 saturated carbocycles. The second kappa shape index (κ2) is 7.48. The molecule has 0 radical (unpaired) electrons. The zero-order valence-electron chi connectivity index (χ0n) is 14.4. The molecule has 0 saturated heterocycles. The lowest BCUT2D eigenvalue weighted by atomic mass is 10.1. The SMILES string of the molecule is C=C.CCc1cc(C(N)=NC)cc2[nH]c(-c3c(N)cc[nH]c3=O)nc12. The summed E-state index contributed by atoms with van der Waals surface area (Å²) in [6.45, 7) is 8.04. The summed E-state index contributed by atoms with van der Waals surface area (Å²) in [5.41, 5.74) is 15.7. The van der Waals surface area contributed by atoms with Crippen molar-refractivity contribution < 1.29 is 0 Å². The fraction of sp³-hybridized carbons (Fsp3) is 0.167. The highest BCUT2D eigenvalue weighted by Crippen LogP contribution is 2.25. The second-order valence-electron chi connectivity index (χ2n) is 5.22. The van der Waals surface area contributed by atoms with Gasteiger partial charge in [0.1, 0.15) is 17.2 Å². The zero-order valence-corrected chi connectivity index (χ0v) is 14.4. The van der Waals surface area contributed by atoms with Crippen molar-refractivity contribution in [2.75, 3.05) is 12.8 Å². The lowest BCUT2D eigenvalue weighted by Crippen LogP contribution is -2.13. The predicted molar refractivity (Wildman–Crippen MR) is 104 cm³/mol. The van der Waals surface area contributed by atoms with Gasteiger partial charge in [0, 0.05) is 24.5 Å².